The Balaban J connectivity index is 1.63. The fourth-order valence-corrected chi connectivity index (χ4v) is 4.26. The second-order valence-electron chi connectivity index (χ2n) is 8.35. The first-order valence-electron chi connectivity index (χ1n) is 11.4. The Morgan fingerprint density at radius 3 is 2.50 bits per heavy atom. The summed E-state index contributed by atoms with van der Waals surface area (Å²) in [4.78, 5) is 25.4. The topological polar surface area (TPSA) is 76.1 Å². The zero-order valence-corrected chi connectivity index (χ0v) is 19.5. The predicted molar refractivity (Wildman–Crippen MR) is 125 cm³/mol. The molecule has 0 saturated heterocycles. The number of hydrogen-bond donors (Lipinski definition) is 1. The number of amides is 1. The summed E-state index contributed by atoms with van der Waals surface area (Å²) in [5, 5.41) is 9.21. The van der Waals surface area contributed by atoms with E-state index in [1.165, 1.54) is 17.0 Å². The van der Waals surface area contributed by atoms with Crippen LogP contribution in [0, 0.1) is 17.5 Å². The molecule has 0 atom stereocenters. The summed E-state index contributed by atoms with van der Waals surface area (Å²) in [5.74, 6) is -2.44. The molecule has 1 aliphatic heterocycles. The first kappa shape index (κ1) is 25.1. The van der Waals surface area contributed by atoms with Gasteiger partial charge in [0.05, 0.1) is 13.0 Å². The highest BCUT2D eigenvalue weighted by molar-refractivity contribution is 5.78. The summed E-state index contributed by atoms with van der Waals surface area (Å²) in [7, 11) is 0. The molecule has 0 fully saturated rings. The molecule has 4 rings (SSSR count). The Labute approximate surface area is 205 Å². The molecule has 0 spiro atoms. The van der Waals surface area contributed by atoms with Gasteiger partial charge in [-0.25, -0.2) is 18.0 Å². The molecule has 0 aromatic heterocycles. The van der Waals surface area contributed by atoms with E-state index in [0.29, 0.717) is 46.2 Å². The van der Waals surface area contributed by atoms with Crippen LogP contribution in [0.4, 0.5) is 18.0 Å². The predicted octanol–water partition coefficient (Wildman–Crippen LogP) is 5.49. The lowest BCUT2D eigenvalue weighted by Crippen LogP contribution is -2.37. The second kappa shape index (κ2) is 10.7. The fraction of sp³-hybridized carbons (Fsp3) is 0.259. The summed E-state index contributed by atoms with van der Waals surface area (Å²) in [6.45, 7) is 2.03. The van der Waals surface area contributed by atoms with Gasteiger partial charge < -0.3 is 19.5 Å². The van der Waals surface area contributed by atoms with Crippen LogP contribution in [0.15, 0.2) is 48.5 Å². The van der Waals surface area contributed by atoms with Gasteiger partial charge in [-0.2, -0.15) is 0 Å². The van der Waals surface area contributed by atoms with Crippen molar-refractivity contribution in [1.82, 2.24) is 4.90 Å². The average molecular weight is 499 g/mol. The minimum Gasteiger partial charge on any atom is -0.493 e. The van der Waals surface area contributed by atoms with Gasteiger partial charge in [-0.05, 0) is 65.9 Å². The van der Waals surface area contributed by atoms with Gasteiger partial charge in [0.1, 0.15) is 29.8 Å². The third-order valence-electron chi connectivity index (χ3n) is 5.97. The van der Waals surface area contributed by atoms with Gasteiger partial charge in [-0.3, -0.25) is 4.79 Å². The third-order valence-corrected chi connectivity index (χ3v) is 5.97. The van der Waals surface area contributed by atoms with Crippen molar-refractivity contribution < 1.29 is 37.3 Å². The molecule has 0 radical (unpaired) electrons. The zero-order chi connectivity index (χ0) is 25.8. The largest absolute Gasteiger partial charge is 0.493 e. The van der Waals surface area contributed by atoms with Crippen LogP contribution in [-0.4, -0.2) is 35.2 Å². The molecule has 3 aromatic carbocycles. The SMILES string of the molecule is CCOc1ccc(CC(=O)O)cc1-c1ccc(F)c2c1CN(C(=O)OCc1ccc(F)cc1F)CC2. The Hall–Kier alpha value is -4.01. The number of halogens is 3. The smallest absolute Gasteiger partial charge is 0.410 e. The number of carboxylic acids is 1. The van der Waals surface area contributed by atoms with Crippen molar-refractivity contribution >= 4 is 12.1 Å². The second-order valence-corrected chi connectivity index (χ2v) is 8.35. The number of carbonyl (C=O) groups is 2. The summed E-state index contributed by atoms with van der Waals surface area (Å²) < 4.78 is 52.7. The quantitative estimate of drug-likeness (QED) is 0.465. The number of nitrogens with zero attached hydrogens (tertiary/aromatic N) is 1. The fourth-order valence-electron chi connectivity index (χ4n) is 4.26. The molecule has 1 amide bonds. The molecule has 36 heavy (non-hydrogen) atoms. The number of benzene rings is 3. The number of ether oxygens (including phenoxy) is 2. The normalized spacial score (nSPS) is 12.7. The van der Waals surface area contributed by atoms with Crippen LogP contribution in [0.1, 0.15) is 29.2 Å². The highest BCUT2D eigenvalue weighted by Gasteiger charge is 2.27. The molecular formula is C27H24F3NO5. The van der Waals surface area contributed by atoms with Gasteiger partial charge in [0.15, 0.2) is 0 Å². The molecule has 6 nitrogen and oxygen atoms in total. The van der Waals surface area contributed by atoms with Gasteiger partial charge in [-0.1, -0.05) is 12.1 Å². The first-order chi connectivity index (χ1) is 17.3. The van der Waals surface area contributed by atoms with Crippen LogP contribution >= 0.6 is 0 Å². The number of carboxylic acid groups (broad SMARTS) is 1. The molecule has 9 heteroatoms. The molecule has 3 aromatic rings. The lowest BCUT2D eigenvalue weighted by atomic mass is 9.89. The van der Waals surface area contributed by atoms with Gasteiger partial charge in [0.2, 0.25) is 0 Å². The minimum absolute atomic E-state index is 0.0296. The molecule has 1 aliphatic rings. The number of carbonyl (C=O) groups excluding carboxylic acids is 1. The van der Waals surface area contributed by atoms with Crippen LogP contribution in [0.2, 0.25) is 0 Å². The van der Waals surface area contributed by atoms with E-state index in [4.69, 9.17) is 9.47 Å². The molecule has 1 heterocycles. The minimum atomic E-state index is -0.988. The standard InChI is InChI=1S/C27H24F3NO5/c1-2-35-25-8-3-16(12-26(32)33)11-21(25)19-6-7-23(29)20-9-10-31(14-22(19)20)27(34)36-15-17-4-5-18(28)13-24(17)30/h3-8,11,13H,2,9-10,12,14-15H2,1H3,(H,32,33). The maximum absolute atomic E-state index is 14.7. The molecule has 1 N–H and O–H groups in total. The molecule has 0 unspecified atom stereocenters. The van der Waals surface area contributed by atoms with Crippen LogP contribution in [0.5, 0.6) is 5.75 Å². The highest BCUT2D eigenvalue weighted by Crippen LogP contribution is 2.38. The van der Waals surface area contributed by atoms with Crippen molar-refractivity contribution in [1.29, 1.82) is 0 Å². The lowest BCUT2D eigenvalue weighted by molar-refractivity contribution is -0.136. The van der Waals surface area contributed by atoms with Crippen molar-refractivity contribution in [3.05, 3.63) is 88.2 Å². The van der Waals surface area contributed by atoms with Crippen molar-refractivity contribution in [2.75, 3.05) is 13.2 Å². The van der Waals surface area contributed by atoms with Crippen molar-refractivity contribution in [2.24, 2.45) is 0 Å². The molecule has 0 bridgehead atoms. The third kappa shape index (κ3) is 5.45. The van der Waals surface area contributed by atoms with Crippen LogP contribution in [0.25, 0.3) is 11.1 Å². The van der Waals surface area contributed by atoms with Gasteiger partial charge in [-0.15, -0.1) is 0 Å². The van der Waals surface area contributed by atoms with E-state index in [1.807, 2.05) is 6.92 Å². The average Bonchev–Trinajstić information content (AvgIpc) is 2.84. The number of rotatable bonds is 7. The highest BCUT2D eigenvalue weighted by atomic mass is 19.1. The Morgan fingerprint density at radius 1 is 0.972 bits per heavy atom. The van der Waals surface area contributed by atoms with Gasteiger partial charge in [0.25, 0.3) is 0 Å². The van der Waals surface area contributed by atoms with E-state index in [1.54, 1.807) is 24.3 Å². The summed E-state index contributed by atoms with van der Waals surface area (Å²) >= 11 is 0. The van der Waals surface area contributed by atoms with E-state index < -0.39 is 29.5 Å². The lowest BCUT2D eigenvalue weighted by Gasteiger charge is -2.30. The van der Waals surface area contributed by atoms with E-state index in [2.05, 4.69) is 0 Å². The maximum atomic E-state index is 14.7. The summed E-state index contributed by atoms with van der Waals surface area (Å²) in [6.07, 6.45) is -0.682. The summed E-state index contributed by atoms with van der Waals surface area (Å²) in [6, 6.07) is 11.0. The van der Waals surface area contributed by atoms with E-state index >= 15 is 0 Å². The zero-order valence-electron chi connectivity index (χ0n) is 19.5. The van der Waals surface area contributed by atoms with Crippen molar-refractivity contribution in [2.45, 2.75) is 32.9 Å². The Bertz CT molecular complexity index is 1310. The summed E-state index contributed by atoms with van der Waals surface area (Å²) in [5.41, 5.74) is 2.80. The van der Waals surface area contributed by atoms with Crippen molar-refractivity contribution in [3.8, 4) is 16.9 Å². The van der Waals surface area contributed by atoms with Crippen LogP contribution in [0.3, 0.4) is 0 Å². The number of aliphatic carboxylic acids is 1. The molecule has 188 valence electrons. The monoisotopic (exact) mass is 499 g/mol. The number of fused-ring (bicyclic) bond motifs is 1. The maximum Gasteiger partial charge on any atom is 0.410 e. The van der Waals surface area contributed by atoms with Gasteiger partial charge in [0, 0.05) is 30.3 Å². The number of hydrogen-bond acceptors (Lipinski definition) is 4. The van der Waals surface area contributed by atoms with Crippen LogP contribution < -0.4 is 4.74 Å². The van der Waals surface area contributed by atoms with E-state index in [9.17, 15) is 27.9 Å². The van der Waals surface area contributed by atoms with Crippen LogP contribution in [-0.2, 0) is 35.5 Å². The van der Waals surface area contributed by atoms with E-state index in [0.717, 1.165) is 6.07 Å². The van der Waals surface area contributed by atoms with E-state index in [-0.39, 0.29) is 38.1 Å². The molecule has 0 aliphatic carbocycles. The molecular weight excluding hydrogens is 475 g/mol. The Morgan fingerprint density at radius 2 is 1.78 bits per heavy atom. The molecule has 0 saturated carbocycles. The van der Waals surface area contributed by atoms with Gasteiger partial charge >= 0.3 is 12.1 Å². The Kier molecular flexibility index (Phi) is 7.47. The van der Waals surface area contributed by atoms with Crippen molar-refractivity contribution in [3.63, 3.8) is 0 Å². The first-order valence-corrected chi connectivity index (χ1v) is 11.4.